The number of hydrogen-bond donors (Lipinski definition) is 0. The topological polar surface area (TPSA) is 49.6 Å². The van der Waals surface area contributed by atoms with Crippen molar-refractivity contribution in [3.8, 4) is 17.5 Å². The van der Waals surface area contributed by atoms with E-state index < -0.39 is 17.2 Å². The molecule has 2 aromatic rings. The molecule has 1 aliphatic rings. The van der Waals surface area contributed by atoms with Crippen LogP contribution in [-0.4, -0.2) is 9.97 Å². The van der Waals surface area contributed by atoms with Gasteiger partial charge in [-0.15, -0.1) is 0 Å². The molecule has 5 heteroatoms. The molecule has 28 heavy (non-hydrogen) atoms. The van der Waals surface area contributed by atoms with Gasteiger partial charge in [0.2, 0.25) is 0 Å². The summed E-state index contributed by atoms with van der Waals surface area (Å²) in [5, 5.41) is 8.77. The monoisotopic (exact) mass is 383 g/mol. The molecule has 1 aromatic carbocycles. The van der Waals surface area contributed by atoms with Crippen LogP contribution in [0.25, 0.3) is 11.4 Å². The molecule has 0 atom stereocenters. The maximum Gasteiger partial charge on any atom is 0.159 e. The first-order chi connectivity index (χ1) is 13.6. The number of nitrogens with zero attached hydrogens (tertiary/aromatic N) is 3. The second kappa shape index (κ2) is 9.73. The summed E-state index contributed by atoms with van der Waals surface area (Å²) in [4.78, 5) is 8.65. The van der Waals surface area contributed by atoms with Gasteiger partial charge in [-0.3, -0.25) is 0 Å². The van der Waals surface area contributed by atoms with Gasteiger partial charge < -0.3 is 0 Å². The molecule has 1 aromatic heterocycles. The maximum atomic E-state index is 13.8. The standard InChI is InChI=1S/C23H27F2N3/c1-2-3-4-5-6-16-7-9-17(10-8-16)19-14-27-23(28-15-19)18-11-21(24)20(13-26)22(25)12-18/h11-12,14-17H,2-10H2,1H3. The van der Waals surface area contributed by atoms with Crippen molar-refractivity contribution in [1.29, 1.82) is 5.26 Å². The van der Waals surface area contributed by atoms with Crippen LogP contribution >= 0.6 is 0 Å². The smallest absolute Gasteiger partial charge is 0.159 e. The van der Waals surface area contributed by atoms with Crippen molar-refractivity contribution in [3.63, 3.8) is 0 Å². The van der Waals surface area contributed by atoms with Crippen molar-refractivity contribution < 1.29 is 8.78 Å². The van der Waals surface area contributed by atoms with E-state index in [1.807, 2.05) is 0 Å². The van der Waals surface area contributed by atoms with Crippen molar-refractivity contribution in [2.24, 2.45) is 5.92 Å². The molecule has 0 saturated heterocycles. The van der Waals surface area contributed by atoms with Crippen molar-refractivity contribution in [1.82, 2.24) is 9.97 Å². The van der Waals surface area contributed by atoms with Gasteiger partial charge in [0.05, 0.1) is 0 Å². The summed E-state index contributed by atoms with van der Waals surface area (Å²) >= 11 is 0. The molecular weight excluding hydrogens is 356 g/mol. The highest BCUT2D eigenvalue weighted by Crippen LogP contribution is 2.37. The molecule has 0 unspecified atom stereocenters. The van der Waals surface area contributed by atoms with Gasteiger partial charge in [0, 0.05) is 18.0 Å². The largest absolute Gasteiger partial charge is 0.236 e. The Labute approximate surface area is 165 Å². The van der Waals surface area contributed by atoms with Gasteiger partial charge in [0.25, 0.3) is 0 Å². The van der Waals surface area contributed by atoms with E-state index in [0.29, 0.717) is 5.92 Å². The molecular formula is C23H27F2N3. The summed E-state index contributed by atoms with van der Waals surface area (Å²) in [5.74, 6) is -0.186. The molecule has 3 rings (SSSR count). The second-order valence-electron chi connectivity index (χ2n) is 7.83. The van der Waals surface area contributed by atoms with Gasteiger partial charge in [-0.1, -0.05) is 39.0 Å². The number of unbranched alkanes of at least 4 members (excludes halogenated alkanes) is 3. The van der Waals surface area contributed by atoms with Crippen LogP contribution in [0.2, 0.25) is 0 Å². The molecule has 1 heterocycles. The molecule has 1 aliphatic carbocycles. The summed E-state index contributed by atoms with van der Waals surface area (Å²) in [6.07, 6.45) is 15.0. The van der Waals surface area contributed by atoms with Gasteiger partial charge in [0.15, 0.2) is 5.82 Å². The van der Waals surface area contributed by atoms with Gasteiger partial charge in [0.1, 0.15) is 23.3 Å². The average molecular weight is 383 g/mol. The molecule has 3 nitrogen and oxygen atoms in total. The minimum atomic E-state index is -0.887. The molecule has 0 N–H and O–H groups in total. The minimum Gasteiger partial charge on any atom is -0.236 e. The Hall–Kier alpha value is -2.35. The van der Waals surface area contributed by atoms with E-state index in [4.69, 9.17) is 5.26 Å². The SMILES string of the molecule is CCCCCCC1CCC(c2cnc(-c3cc(F)c(C#N)c(F)c3)nc2)CC1. The van der Waals surface area contributed by atoms with E-state index in [-0.39, 0.29) is 11.4 Å². The Morgan fingerprint density at radius 1 is 1.00 bits per heavy atom. The van der Waals surface area contributed by atoms with E-state index >= 15 is 0 Å². The Bertz CT molecular complexity index is 796. The van der Waals surface area contributed by atoms with E-state index in [0.717, 1.165) is 36.5 Å². The average Bonchev–Trinajstić information content (AvgIpc) is 2.72. The zero-order valence-corrected chi connectivity index (χ0v) is 16.4. The predicted octanol–water partition coefficient (Wildman–Crippen LogP) is 6.54. The third kappa shape index (κ3) is 4.92. The van der Waals surface area contributed by atoms with Crippen molar-refractivity contribution in [3.05, 3.63) is 47.3 Å². The van der Waals surface area contributed by atoms with Crippen molar-refractivity contribution >= 4 is 0 Å². The van der Waals surface area contributed by atoms with Crippen LogP contribution in [0.4, 0.5) is 8.78 Å². The highest BCUT2D eigenvalue weighted by Gasteiger charge is 2.23. The first kappa shape index (κ1) is 20.4. The van der Waals surface area contributed by atoms with Crippen LogP contribution in [0.3, 0.4) is 0 Å². The minimum absolute atomic E-state index is 0.247. The highest BCUT2D eigenvalue weighted by molar-refractivity contribution is 5.57. The summed E-state index contributed by atoms with van der Waals surface area (Å²) in [5.41, 5.74) is 0.769. The summed E-state index contributed by atoms with van der Waals surface area (Å²) in [7, 11) is 0. The van der Waals surface area contributed by atoms with Crippen molar-refractivity contribution in [2.75, 3.05) is 0 Å². The van der Waals surface area contributed by atoms with Crippen molar-refractivity contribution in [2.45, 2.75) is 70.6 Å². The second-order valence-corrected chi connectivity index (χ2v) is 7.83. The van der Waals surface area contributed by atoms with Gasteiger partial charge in [-0.2, -0.15) is 5.26 Å². The zero-order chi connectivity index (χ0) is 19.9. The molecule has 0 aliphatic heterocycles. The van der Waals surface area contributed by atoms with Crippen LogP contribution < -0.4 is 0 Å². The van der Waals surface area contributed by atoms with Crippen LogP contribution in [0.5, 0.6) is 0 Å². The quantitative estimate of drug-likeness (QED) is 0.510. The van der Waals surface area contributed by atoms with E-state index in [9.17, 15) is 8.78 Å². The molecule has 0 amide bonds. The fourth-order valence-electron chi connectivity index (χ4n) is 4.15. The van der Waals surface area contributed by atoms with Gasteiger partial charge in [-0.05, 0) is 55.2 Å². The number of aromatic nitrogens is 2. The Morgan fingerprint density at radius 3 is 2.21 bits per heavy atom. The van der Waals surface area contributed by atoms with Crippen LogP contribution in [0.15, 0.2) is 24.5 Å². The predicted molar refractivity (Wildman–Crippen MR) is 106 cm³/mol. The van der Waals surface area contributed by atoms with Crippen LogP contribution in [0.1, 0.15) is 81.8 Å². The van der Waals surface area contributed by atoms with E-state index in [1.54, 1.807) is 12.4 Å². The lowest BCUT2D eigenvalue weighted by atomic mass is 9.77. The van der Waals surface area contributed by atoms with Crippen LogP contribution in [0, 0.1) is 28.9 Å². The lowest BCUT2D eigenvalue weighted by molar-refractivity contribution is 0.301. The Kier molecular flexibility index (Phi) is 7.08. The molecule has 148 valence electrons. The normalized spacial score (nSPS) is 19.4. The van der Waals surface area contributed by atoms with Gasteiger partial charge in [-0.25, -0.2) is 18.7 Å². The highest BCUT2D eigenvalue weighted by atomic mass is 19.1. The molecule has 0 bridgehead atoms. The zero-order valence-electron chi connectivity index (χ0n) is 16.4. The summed E-state index contributed by atoms with van der Waals surface area (Å²) < 4.78 is 27.6. The summed E-state index contributed by atoms with van der Waals surface area (Å²) in [6.45, 7) is 2.24. The first-order valence-corrected chi connectivity index (χ1v) is 10.3. The van der Waals surface area contributed by atoms with E-state index in [2.05, 4.69) is 16.9 Å². The summed E-state index contributed by atoms with van der Waals surface area (Å²) in [6, 6.07) is 3.75. The fourth-order valence-corrected chi connectivity index (χ4v) is 4.15. The lowest BCUT2D eigenvalue weighted by Gasteiger charge is -2.28. The van der Waals surface area contributed by atoms with Crippen LogP contribution in [-0.2, 0) is 0 Å². The molecule has 0 spiro atoms. The Morgan fingerprint density at radius 2 is 1.64 bits per heavy atom. The molecule has 0 radical (unpaired) electrons. The number of halogens is 2. The number of benzene rings is 1. The fraction of sp³-hybridized carbons (Fsp3) is 0.522. The molecule has 1 fully saturated rings. The number of nitriles is 1. The maximum absolute atomic E-state index is 13.8. The first-order valence-electron chi connectivity index (χ1n) is 10.3. The molecule has 1 saturated carbocycles. The van der Waals surface area contributed by atoms with Gasteiger partial charge >= 0.3 is 0 Å². The third-order valence-corrected chi connectivity index (χ3v) is 5.87. The number of rotatable bonds is 7. The third-order valence-electron chi connectivity index (χ3n) is 5.87. The lowest BCUT2D eigenvalue weighted by Crippen LogP contribution is -2.14. The van der Waals surface area contributed by atoms with E-state index in [1.165, 1.54) is 51.0 Å². The number of hydrogen-bond acceptors (Lipinski definition) is 3. The Balaban J connectivity index is 1.59.